The van der Waals surface area contributed by atoms with E-state index in [1.165, 1.54) is 5.31 Å². The Balaban J connectivity index is 2.12. The van der Waals surface area contributed by atoms with Crippen LogP contribution >= 0.6 is 7.36 Å². The SMILES string of the molecule is CC/C=C(\CC)P1(=N)N(c2ccccc2)CCN1c1ccccc1. The number of allylic oxidation sites excluding steroid dienone is 2. The molecule has 0 spiro atoms. The summed E-state index contributed by atoms with van der Waals surface area (Å²) in [6.45, 7) is 6.15. The third-order valence-corrected chi connectivity index (χ3v) is 8.09. The van der Waals surface area contributed by atoms with Crippen LogP contribution in [0.2, 0.25) is 0 Å². The molecule has 1 heterocycles. The maximum Gasteiger partial charge on any atom is 0.168 e. The summed E-state index contributed by atoms with van der Waals surface area (Å²) < 4.78 is 4.68. The number of nitrogens with one attached hydrogen (secondary N) is 1. The molecule has 1 N–H and O–H groups in total. The van der Waals surface area contributed by atoms with Crippen molar-refractivity contribution in [3.05, 3.63) is 72.1 Å². The lowest BCUT2D eigenvalue weighted by atomic mass is 10.3. The predicted octanol–water partition coefficient (Wildman–Crippen LogP) is 6.33. The fourth-order valence-electron chi connectivity index (χ4n) is 3.44. The van der Waals surface area contributed by atoms with Crippen molar-refractivity contribution in [3.8, 4) is 0 Å². The van der Waals surface area contributed by atoms with Gasteiger partial charge in [0.2, 0.25) is 0 Å². The molecule has 0 aliphatic carbocycles. The quantitative estimate of drug-likeness (QED) is 0.645. The average molecular weight is 339 g/mol. The molecular weight excluding hydrogens is 313 g/mol. The maximum atomic E-state index is 9.63. The second-order valence-corrected chi connectivity index (χ2v) is 8.72. The van der Waals surface area contributed by atoms with Crippen LogP contribution in [0.15, 0.2) is 72.1 Å². The lowest BCUT2D eigenvalue weighted by molar-refractivity contribution is 1.02. The predicted molar refractivity (Wildman–Crippen MR) is 106 cm³/mol. The fraction of sp³-hybridized carbons (Fsp3) is 0.300. The van der Waals surface area contributed by atoms with Gasteiger partial charge in [-0.15, -0.1) is 0 Å². The van der Waals surface area contributed by atoms with Gasteiger partial charge in [0.25, 0.3) is 0 Å². The number of anilines is 2. The summed E-state index contributed by atoms with van der Waals surface area (Å²) in [5.41, 5.74) is 2.32. The molecule has 0 aromatic heterocycles. The summed E-state index contributed by atoms with van der Waals surface area (Å²) in [5.74, 6) is 0. The smallest absolute Gasteiger partial charge is 0.168 e. The van der Waals surface area contributed by atoms with Crippen LogP contribution in [-0.4, -0.2) is 13.1 Å². The molecule has 0 bridgehead atoms. The molecular formula is C20H26N3P. The highest BCUT2D eigenvalue weighted by Crippen LogP contribution is 2.66. The van der Waals surface area contributed by atoms with E-state index >= 15 is 0 Å². The van der Waals surface area contributed by atoms with E-state index < -0.39 is 7.36 Å². The van der Waals surface area contributed by atoms with Crippen LogP contribution in [0.1, 0.15) is 26.7 Å². The zero-order valence-electron chi connectivity index (χ0n) is 14.5. The van der Waals surface area contributed by atoms with E-state index in [1.54, 1.807) is 0 Å². The van der Waals surface area contributed by atoms with Crippen LogP contribution in [0.3, 0.4) is 0 Å². The number of hydrogen-bond acceptors (Lipinski definition) is 1. The van der Waals surface area contributed by atoms with Crippen LogP contribution in [0.4, 0.5) is 11.4 Å². The van der Waals surface area contributed by atoms with Crippen LogP contribution in [0.25, 0.3) is 0 Å². The molecule has 3 nitrogen and oxygen atoms in total. The normalized spacial score (nSPS) is 17.3. The first-order valence-corrected chi connectivity index (χ1v) is 10.4. The highest BCUT2D eigenvalue weighted by Gasteiger charge is 2.41. The van der Waals surface area contributed by atoms with Gasteiger partial charge in [0, 0.05) is 29.8 Å². The van der Waals surface area contributed by atoms with Crippen molar-refractivity contribution in [2.75, 3.05) is 22.4 Å². The number of para-hydroxylation sites is 2. The van der Waals surface area contributed by atoms with Crippen LogP contribution in [0.5, 0.6) is 0 Å². The molecule has 1 aliphatic rings. The zero-order chi connectivity index (χ0) is 17.0. The molecule has 2 aromatic carbocycles. The number of nitrogens with zero attached hydrogens (tertiary/aromatic N) is 2. The number of hydrogen-bond donors (Lipinski definition) is 1. The van der Waals surface area contributed by atoms with Crippen molar-refractivity contribution in [3.63, 3.8) is 0 Å². The Hall–Kier alpha value is -1.99. The van der Waals surface area contributed by atoms with Crippen molar-refractivity contribution < 1.29 is 0 Å². The molecule has 1 aliphatic heterocycles. The van der Waals surface area contributed by atoms with E-state index in [2.05, 4.69) is 77.8 Å². The molecule has 1 saturated heterocycles. The van der Waals surface area contributed by atoms with Gasteiger partial charge in [-0.1, -0.05) is 56.3 Å². The van der Waals surface area contributed by atoms with Gasteiger partial charge in [-0.25, -0.2) is 0 Å². The van der Waals surface area contributed by atoms with E-state index in [9.17, 15) is 5.16 Å². The Morgan fingerprint density at radius 1 is 0.917 bits per heavy atom. The first-order valence-electron chi connectivity index (χ1n) is 8.71. The molecule has 0 radical (unpaired) electrons. The van der Waals surface area contributed by atoms with Gasteiger partial charge >= 0.3 is 0 Å². The zero-order valence-corrected chi connectivity index (χ0v) is 15.4. The van der Waals surface area contributed by atoms with Crippen molar-refractivity contribution in [2.45, 2.75) is 26.7 Å². The van der Waals surface area contributed by atoms with Crippen molar-refractivity contribution in [1.29, 1.82) is 5.16 Å². The van der Waals surface area contributed by atoms with E-state index in [4.69, 9.17) is 0 Å². The summed E-state index contributed by atoms with van der Waals surface area (Å²) in [4.78, 5) is 0. The summed E-state index contributed by atoms with van der Waals surface area (Å²) in [6.07, 6.45) is 4.19. The fourth-order valence-corrected chi connectivity index (χ4v) is 6.89. The Labute approximate surface area is 145 Å². The average Bonchev–Trinajstić information content (AvgIpc) is 2.99. The van der Waals surface area contributed by atoms with E-state index in [0.29, 0.717) is 0 Å². The minimum atomic E-state index is -2.33. The minimum absolute atomic E-state index is 0.900. The van der Waals surface area contributed by atoms with Crippen LogP contribution in [0, 0.1) is 5.16 Å². The maximum absolute atomic E-state index is 9.63. The number of rotatable bonds is 5. The lowest BCUT2D eigenvalue weighted by Gasteiger charge is -2.38. The van der Waals surface area contributed by atoms with Crippen LogP contribution < -0.4 is 9.34 Å². The van der Waals surface area contributed by atoms with Crippen LogP contribution in [-0.2, 0) is 0 Å². The highest BCUT2D eigenvalue weighted by atomic mass is 31.2. The third kappa shape index (κ3) is 2.89. The van der Waals surface area contributed by atoms with Gasteiger partial charge in [-0.2, -0.15) is 0 Å². The van der Waals surface area contributed by atoms with Gasteiger partial charge in [-0.3, -0.25) is 5.16 Å². The summed E-state index contributed by atoms with van der Waals surface area (Å²) in [5, 5.41) is 10.9. The Kier molecular flexibility index (Phi) is 5.11. The molecule has 0 unspecified atom stereocenters. The summed E-state index contributed by atoms with van der Waals surface area (Å²) in [7, 11) is -2.33. The Morgan fingerprint density at radius 2 is 1.38 bits per heavy atom. The molecule has 24 heavy (non-hydrogen) atoms. The molecule has 2 aromatic rings. The van der Waals surface area contributed by atoms with E-state index in [1.807, 2.05) is 12.1 Å². The van der Waals surface area contributed by atoms with Gasteiger partial charge in [0.05, 0.1) is 0 Å². The second-order valence-electron chi connectivity index (χ2n) is 5.98. The van der Waals surface area contributed by atoms with Gasteiger partial charge in [-0.05, 0) is 37.1 Å². The van der Waals surface area contributed by atoms with E-state index in [0.717, 1.165) is 37.3 Å². The van der Waals surface area contributed by atoms with Gasteiger partial charge in [0.1, 0.15) is 0 Å². The molecule has 0 amide bonds. The largest absolute Gasteiger partial charge is 0.318 e. The molecule has 0 saturated carbocycles. The third-order valence-electron chi connectivity index (χ3n) is 4.53. The van der Waals surface area contributed by atoms with Gasteiger partial charge in [0.15, 0.2) is 7.36 Å². The topological polar surface area (TPSA) is 30.3 Å². The lowest BCUT2D eigenvalue weighted by Crippen LogP contribution is -2.19. The molecule has 0 atom stereocenters. The summed E-state index contributed by atoms with van der Waals surface area (Å²) >= 11 is 0. The number of benzene rings is 2. The monoisotopic (exact) mass is 339 g/mol. The van der Waals surface area contributed by atoms with Crippen molar-refractivity contribution >= 4 is 18.7 Å². The molecule has 3 rings (SSSR count). The molecule has 4 heteroatoms. The highest BCUT2D eigenvalue weighted by molar-refractivity contribution is 7.72. The minimum Gasteiger partial charge on any atom is -0.318 e. The van der Waals surface area contributed by atoms with Crippen molar-refractivity contribution in [2.24, 2.45) is 0 Å². The van der Waals surface area contributed by atoms with E-state index in [-0.39, 0.29) is 0 Å². The first kappa shape index (κ1) is 16.9. The molecule has 1 fully saturated rings. The second kappa shape index (κ2) is 7.27. The standard InChI is InChI=1S/C20H26N3P/c1-3-11-20(4-2)24(21)22(18-12-7-5-8-13-18)16-17-23(24)19-14-9-6-10-15-19/h5-15,21H,3-4,16-17H2,1-2H3/b20-11+. The Bertz CT molecular complexity index is 688. The Morgan fingerprint density at radius 3 is 1.75 bits per heavy atom. The molecule has 126 valence electrons. The van der Waals surface area contributed by atoms with Crippen molar-refractivity contribution in [1.82, 2.24) is 0 Å². The van der Waals surface area contributed by atoms with Gasteiger partial charge < -0.3 is 9.34 Å². The summed E-state index contributed by atoms with van der Waals surface area (Å²) in [6, 6.07) is 20.9. The first-order chi connectivity index (χ1) is 11.7.